The molecule has 1 aliphatic heterocycles. The molecule has 0 aliphatic carbocycles. The Kier molecular flexibility index (Phi) is 3.37. The molecule has 0 radical (unpaired) electrons. The topological polar surface area (TPSA) is 53.4 Å². The minimum absolute atomic E-state index is 0.341. The van der Waals surface area contributed by atoms with Crippen molar-refractivity contribution < 1.29 is 9.90 Å². The lowest BCUT2D eigenvalue weighted by Gasteiger charge is -2.34. The van der Waals surface area contributed by atoms with Crippen LogP contribution in [-0.2, 0) is 17.8 Å². The average Bonchev–Trinajstić information content (AvgIpc) is 2.48. The molecule has 0 fully saturated rings. The third-order valence-corrected chi connectivity index (χ3v) is 3.71. The van der Waals surface area contributed by atoms with Crippen LogP contribution in [0.4, 0.5) is 5.69 Å². The van der Waals surface area contributed by atoms with Gasteiger partial charge in [-0.3, -0.25) is 9.78 Å². The van der Waals surface area contributed by atoms with Crippen molar-refractivity contribution in [2.24, 2.45) is 5.92 Å². The van der Waals surface area contributed by atoms with Gasteiger partial charge in [0, 0.05) is 31.2 Å². The van der Waals surface area contributed by atoms with Gasteiger partial charge in [0.25, 0.3) is 0 Å². The third-order valence-electron chi connectivity index (χ3n) is 3.71. The molecule has 20 heavy (non-hydrogen) atoms. The number of carbonyl (C=O) groups is 1. The summed E-state index contributed by atoms with van der Waals surface area (Å²) in [5.74, 6) is -1.06. The number of rotatable bonds is 3. The predicted octanol–water partition coefficient (Wildman–Crippen LogP) is 2.35. The molecule has 0 amide bonds. The van der Waals surface area contributed by atoms with E-state index in [0.29, 0.717) is 19.5 Å². The molecular weight excluding hydrogens is 252 g/mol. The Morgan fingerprint density at radius 2 is 2.00 bits per heavy atom. The second-order valence-corrected chi connectivity index (χ2v) is 5.10. The fourth-order valence-corrected chi connectivity index (χ4v) is 2.71. The van der Waals surface area contributed by atoms with Crippen LogP contribution < -0.4 is 4.90 Å². The van der Waals surface area contributed by atoms with Crippen LogP contribution in [0, 0.1) is 5.92 Å². The second kappa shape index (κ2) is 5.33. The van der Waals surface area contributed by atoms with E-state index in [1.54, 1.807) is 12.4 Å². The second-order valence-electron chi connectivity index (χ2n) is 5.10. The number of nitrogens with zero attached hydrogens (tertiary/aromatic N) is 2. The zero-order chi connectivity index (χ0) is 13.9. The molecule has 1 aliphatic rings. The third kappa shape index (κ3) is 2.50. The van der Waals surface area contributed by atoms with E-state index in [0.717, 1.165) is 16.8 Å². The summed E-state index contributed by atoms with van der Waals surface area (Å²) in [5.41, 5.74) is 3.39. The number of aliphatic carboxylic acids is 1. The molecule has 4 nitrogen and oxygen atoms in total. The van der Waals surface area contributed by atoms with Gasteiger partial charge in [-0.2, -0.15) is 0 Å². The molecule has 1 aromatic heterocycles. The van der Waals surface area contributed by atoms with E-state index in [1.165, 1.54) is 0 Å². The van der Waals surface area contributed by atoms with Gasteiger partial charge in [0.1, 0.15) is 0 Å². The van der Waals surface area contributed by atoms with Crippen LogP contribution in [0.2, 0.25) is 0 Å². The van der Waals surface area contributed by atoms with Crippen molar-refractivity contribution in [2.45, 2.75) is 13.0 Å². The van der Waals surface area contributed by atoms with Gasteiger partial charge in [0.2, 0.25) is 0 Å². The highest BCUT2D eigenvalue weighted by Gasteiger charge is 2.28. The van der Waals surface area contributed by atoms with E-state index in [4.69, 9.17) is 0 Å². The van der Waals surface area contributed by atoms with Gasteiger partial charge in [-0.05, 0) is 35.7 Å². The molecule has 102 valence electrons. The number of pyridine rings is 1. The van der Waals surface area contributed by atoms with Gasteiger partial charge in [-0.1, -0.05) is 18.2 Å². The van der Waals surface area contributed by atoms with Crippen molar-refractivity contribution in [1.82, 2.24) is 4.98 Å². The highest BCUT2D eigenvalue weighted by Crippen LogP contribution is 2.30. The van der Waals surface area contributed by atoms with Crippen LogP contribution in [0.1, 0.15) is 11.1 Å². The van der Waals surface area contributed by atoms with Gasteiger partial charge >= 0.3 is 5.97 Å². The van der Waals surface area contributed by atoms with Crippen LogP contribution in [0.3, 0.4) is 0 Å². The molecule has 0 saturated heterocycles. The standard InChI is InChI=1S/C16H16N2O2/c19-16(20)14-9-13-3-1-2-4-15(13)18(11-14)10-12-5-7-17-8-6-12/h1-8,14H,9-11H2,(H,19,20). The first-order valence-corrected chi connectivity index (χ1v) is 6.68. The first-order valence-electron chi connectivity index (χ1n) is 6.68. The molecule has 1 N–H and O–H groups in total. The fourth-order valence-electron chi connectivity index (χ4n) is 2.71. The highest BCUT2D eigenvalue weighted by atomic mass is 16.4. The molecular formula is C16H16N2O2. The van der Waals surface area contributed by atoms with E-state index < -0.39 is 5.97 Å². The Bertz CT molecular complexity index is 613. The van der Waals surface area contributed by atoms with Crippen molar-refractivity contribution in [3.8, 4) is 0 Å². The zero-order valence-corrected chi connectivity index (χ0v) is 11.1. The number of carboxylic acid groups (broad SMARTS) is 1. The molecule has 0 spiro atoms. The van der Waals surface area contributed by atoms with Crippen LogP contribution in [0.25, 0.3) is 0 Å². The number of anilines is 1. The van der Waals surface area contributed by atoms with Gasteiger partial charge in [0.05, 0.1) is 5.92 Å². The number of benzene rings is 1. The number of fused-ring (bicyclic) bond motifs is 1. The average molecular weight is 268 g/mol. The summed E-state index contributed by atoms with van der Waals surface area (Å²) < 4.78 is 0. The molecule has 3 rings (SSSR count). The quantitative estimate of drug-likeness (QED) is 0.928. The summed E-state index contributed by atoms with van der Waals surface area (Å²) in [5, 5.41) is 9.31. The van der Waals surface area contributed by atoms with Crippen molar-refractivity contribution in [3.63, 3.8) is 0 Å². The normalized spacial score (nSPS) is 17.6. The molecule has 1 unspecified atom stereocenters. The smallest absolute Gasteiger partial charge is 0.308 e. The van der Waals surface area contributed by atoms with E-state index in [9.17, 15) is 9.90 Å². The molecule has 2 heterocycles. The summed E-state index contributed by atoms with van der Waals surface area (Å²) in [7, 11) is 0. The van der Waals surface area contributed by atoms with Crippen LogP contribution in [0.15, 0.2) is 48.8 Å². The lowest BCUT2D eigenvalue weighted by molar-refractivity contribution is -0.141. The number of hydrogen-bond donors (Lipinski definition) is 1. The van der Waals surface area contributed by atoms with Crippen molar-refractivity contribution >= 4 is 11.7 Å². The molecule has 0 saturated carbocycles. The lowest BCUT2D eigenvalue weighted by atomic mass is 9.92. The van der Waals surface area contributed by atoms with Gasteiger partial charge < -0.3 is 10.0 Å². The number of hydrogen-bond acceptors (Lipinski definition) is 3. The zero-order valence-electron chi connectivity index (χ0n) is 11.1. The molecule has 1 atom stereocenters. The SMILES string of the molecule is O=C(O)C1Cc2ccccc2N(Cc2ccncc2)C1. The maximum absolute atomic E-state index is 11.3. The predicted molar refractivity (Wildman–Crippen MR) is 76.6 cm³/mol. The molecule has 1 aromatic carbocycles. The Hall–Kier alpha value is -2.36. The van der Waals surface area contributed by atoms with Gasteiger partial charge in [0.15, 0.2) is 0 Å². The number of para-hydroxylation sites is 1. The molecule has 2 aromatic rings. The summed E-state index contributed by atoms with van der Waals surface area (Å²) in [4.78, 5) is 17.5. The molecule has 4 heteroatoms. The van der Waals surface area contributed by atoms with E-state index in [2.05, 4.69) is 16.0 Å². The van der Waals surface area contributed by atoms with Crippen molar-refractivity contribution in [3.05, 3.63) is 59.9 Å². The Morgan fingerprint density at radius 3 is 2.75 bits per heavy atom. The maximum atomic E-state index is 11.3. The van der Waals surface area contributed by atoms with Gasteiger partial charge in [-0.15, -0.1) is 0 Å². The summed E-state index contributed by atoms with van der Waals surface area (Å²) in [6, 6.07) is 12.0. The summed E-state index contributed by atoms with van der Waals surface area (Å²) >= 11 is 0. The fraction of sp³-hybridized carbons (Fsp3) is 0.250. The number of aromatic nitrogens is 1. The maximum Gasteiger partial charge on any atom is 0.308 e. The highest BCUT2D eigenvalue weighted by molar-refractivity contribution is 5.73. The first kappa shape index (κ1) is 12.7. The van der Waals surface area contributed by atoms with Crippen LogP contribution >= 0.6 is 0 Å². The van der Waals surface area contributed by atoms with E-state index in [-0.39, 0.29) is 5.92 Å². The first-order chi connectivity index (χ1) is 9.74. The summed E-state index contributed by atoms with van der Waals surface area (Å²) in [6.07, 6.45) is 4.14. The lowest BCUT2D eigenvalue weighted by Crippen LogP contribution is -2.38. The van der Waals surface area contributed by atoms with Crippen LogP contribution in [-0.4, -0.2) is 22.6 Å². The molecule has 0 bridgehead atoms. The largest absolute Gasteiger partial charge is 0.481 e. The van der Waals surface area contributed by atoms with Gasteiger partial charge in [-0.25, -0.2) is 0 Å². The minimum atomic E-state index is -0.723. The van der Waals surface area contributed by atoms with Crippen molar-refractivity contribution in [1.29, 1.82) is 0 Å². The Labute approximate surface area is 117 Å². The summed E-state index contributed by atoms with van der Waals surface area (Å²) in [6.45, 7) is 1.26. The Balaban J connectivity index is 1.91. The monoisotopic (exact) mass is 268 g/mol. The number of carboxylic acids is 1. The minimum Gasteiger partial charge on any atom is -0.481 e. The Morgan fingerprint density at radius 1 is 1.25 bits per heavy atom. The van der Waals surface area contributed by atoms with E-state index in [1.807, 2.05) is 30.3 Å². The van der Waals surface area contributed by atoms with Crippen LogP contribution in [0.5, 0.6) is 0 Å². The van der Waals surface area contributed by atoms with E-state index >= 15 is 0 Å². The van der Waals surface area contributed by atoms with Crippen molar-refractivity contribution in [2.75, 3.05) is 11.4 Å².